The molecule has 1 amide bonds. The molecule has 34 heavy (non-hydrogen) atoms. The average Bonchev–Trinajstić information content (AvgIpc) is 3.32. The van der Waals surface area contributed by atoms with Crippen LogP contribution >= 0.6 is 0 Å². The zero-order valence-corrected chi connectivity index (χ0v) is 19.5. The lowest BCUT2D eigenvalue weighted by Crippen LogP contribution is -2.26. The maximum Gasteiger partial charge on any atom is 0.310 e. The highest BCUT2D eigenvalue weighted by atomic mass is 19.1. The topological polar surface area (TPSA) is 75.5 Å². The number of carbonyl (C=O) groups excluding carboxylic acids is 1. The van der Waals surface area contributed by atoms with Crippen LogP contribution in [-0.2, 0) is 6.54 Å². The van der Waals surface area contributed by atoms with Gasteiger partial charge in [-0.2, -0.15) is 5.10 Å². The van der Waals surface area contributed by atoms with Gasteiger partial charge in [0.2, 0.25) is 0 Å². The van der Waals surface area contributed by atoms with Gasteiger partial charge in [-0.15, -0.1) is 0 Å². The number of ether oxygens (including phenoxy) is 1. The van der Waals surface area contributed by atoms with E-state index >= 15 is 0 Å². The van der Waals surface area contributed by atoms with Crippen molar-refractivity contribution in [3.05, 3.63) is 81.8 Å². The first kappa shape index (κ1) is 22.9. The van der Waals surface area contributed by atoms with Crippen molar-refractivity contribution in [1.82, 2.24) is 20.1 Å². The zero-order valence-electron chi connectivity index (χ0n) is 19.5. The van der Waals surface area contributed by atoms with Gasteiger partial charge in [-0.25, -0.2) is 4.39 Å². The summed E-state index contributed by atoms with van der Waals surface area (Å²) >= 11 is 0. The summed E-state index contributed by atoms with van der Waals surface area (Å²) in [7, 11) is 3.31. The molecule has 7 nitrogen and oxygen atoms in total. The fraction of sp³-hybridized carbons (Fsp3) is 0.231. The van der Waals surface area contributed by atoms with Crippen LogP contribution in [-0.4, -0.2) is 46.7 Å². The quantitative estimate of drug-likeness (QED) is 0.439. The molecule has 8 heteroatoms. The molecule has 0 aliphatic rings. The molecule has 172 valence electrons. The van der Waals surface area contributed by atoms with E-state index in [4.69, 9.17) is 4.74 Å². The molecule has 2 heterocycles. The molecule has 4 aromatic rings. The maximum absolute atomic E-state index is 14.2. The fourth-order valence-electron chi connectivity index (χ4n) is 3.89. The molecule has 0 saturated carbocycles. The first-order valence-electron chi connectivity index (χ1n) is 10.9. The van der Waals surface area contributed by atoms with Crippen LogP contribution in [0.3, 0.4) is 0 Å². The van der Waals surface area contributed by atoms with Gasteiger partial charge in [-0.05, 0) is 55.8 Å². The third kappa shape index (κ3) is 4.59. The number of halogens is 1. The van der Waals surface area contributed by atoms with Crippen LogP contribution in [0.1, 0.15) is 34.1 Å². The molecule has 0 bridgehead atoms. The van der Waals surface area contributed by atoms with Crippen LogP contribution in [0.2, 0.25) is 0 Å². The molecule has 0 atom stereocenters. The number of hydrogen-bond acceptors (Lipinski definition) is 4. The average molecular weight is 459 g/mol. The molecule has 0 aliphatic heterocycles. The van der Waals surface area contributed by atoms with Crippen LogP contribution < -0.4 is 4.74 Å². The van der Waals surface area contributed by atoms with Gasteiger partial charge >= 0.3 is 6.07 Å². The normalized spacial score (nSPS) is 10.6. The lowest BCUT2D eigenvalue weighted by molar-refractivity contribution is 0.0785. The standard InChI is InChI=1S/C26H25FN5O2/c1-5-34-24-11-18(6-7-22(24)19-8-17(12-28-3)9-21(27)10-19)26(33)32(4)15-20-13-29-16(2)23-14-30-31-25(20)23/h6-11,13-14H,5,15H2,1-4H3,(H,30,31)/q+1. The summed E-state index contributed by atoms with van der Waals surface area (Å²) in [5.41, 5.74) is 4.91. The fourth-order valence-corrected chi connectivity index (χ4v) is 3.89. The van der Waals surface area contributed by atoms with Crippen LogP contribution in [0, 0.1) is 18.8 Å². The van der Waals surface area contributed by atoms with E-state index in [1.54, 1.807) is 55.7 Å². The van der Waals surface area contributed by atoms with Crippen LogP contribution in [0.25, 0.3) is 26.9 Å². The highest BCUT2D eigenvalue weighted by Gasteiger charge is 2.18. The van der Waals surface area contributed by atoms with Crippen molar-refractivity contribution in [1.29, 1.82) is 0 Å². The van der Waals surface area contributed by atoms with E-state index in [9.17, 15) is 9.18 Å². The van der Waals surface area contributed by atoms with Crippen molar-refractivity contribution in [3.63, 3.8) is 0 Å². The number of fused-ring (bicyclic) bond motifs is 1. The number of nitrogens with one attached hydrogen (secondary N) is 1. The summed E-state index contributed by atoms with van der Waals surface area (Å²) in [6.07, 6.45) is 3.49. The maximum atomic E-state index is 14.2. The Morgan fingerprint density at radius 3 is 2.82 bits per heavy atom. The Bertz CT molecular complexity index is 1430. The van der Waals surface area contributed by atoms with E-state index in [0.717, 1.165) is 22.2 Å². The number of rotatable bonds is 6. The number of aromatic amines is 1. The van der Waals surface area contributed by atoms with Crippen LogP contribution in [0.5, 0.6) is 5.75 Å². The molecule has 0 aliphatic carbocycles. The van der Waals surface area contributed by atoms with Gasteiger partial charge in [0, 0.05) is 47.6 Å². The first-order chi connectivity index (χ1) is 16.4. The monoisotopic (exact) mass is 458 g/mol. The Morgan fingerprint density at radius 2 is 2.06 bits per heavy atom. The second-order valence-electron chi connectivity index (χ2n) is 7.90. The van der Waals surface area contributed by atoms with Gasteiger partial charge in [-0.3, -0.25) is 14.9 Å². The summed E-state index contributed by atoms with van der Waals surface area (Å²) in [4.78, 5) is 23.1. The number of amides is 1. The number of hydrogen-bond donors (Lipinski definition) is 1. The van der Waals surface area contributed by atoms with Gasteiger partial charge < -0.3 is 9.64 Å². The second kappa shape index (κ2) is 9.71. The number of pyridine rings is 1. The second-order valence-corrected chi connectivity index (χ2v) is 7.90. The van der Waals surface area contributed by atoms with Crippen LogP contribution in [0.15, 0.2) is 48.8 Å². The SMILES string of the molecule is CCOc1cc(C(=O)N(C)Cc2cnc(C)c3cn[nH]c23)ccc1-c1cc(F)cc(C#[N+]C)c1. The van der Waals surface area contributed by atoms with Crippen molar-refractivity contribution in [3.8, 4) is 22.9 Å². The van der Waals surface area contributed by atoms with E-state index in [0.29, 0.717) is 41.2 Å². The summed E-state index contributed by atoms with van der Waals surface area (Å²) in [6, 6.07) is 12.5. The summed E-state index contributed by atoms with van der Waals surface area (Å²) in [6.45, 7) is 4.54. The minimum atomic E-state index is -0.400. The third-order valence-electron chi connectivity index (χ3n) is 5.50. The van der Waals surface area contributed by atoms with E-state index in [-0.39, 0.29) is 5.91 Å². The van der Waals surface area contributed by atoms with Crippen LogP contribution in [0.4, 0.5) is 4.39 Å². The molecule has 0 fully saturated rings. The predicted octanol–water partition coefficient (Wildman–Crippen LogP) is 5.05. The van der Waals surface area contributed by atoms with E-state index < -0.39 is 5.82 Å². The van der Waals surface area contributed by atoms with Gasteiger partial charge in [0.15, 0.2) is 0 Å². The Hall–Kier alpha value is -4.25. The van der Waals surface area contributed by atoms with E-state index in [1.165, 1.54) is 12.1 Å². The number of aryl methyl sites for hydroxylation is 1. The Balaban J connectivity index is 1.65. The van der Waals surface area contributed by atoms with Gasteiger partial charge in [0.1, 0.15) is 17.1 Å². The predicted molar refractivity (Wildman–Crippen MR) is 130 cm³/mol. The van der Waals surface area contributed by atoms with Crippen molar-refractivity contribution in [2.24, 2.45) is 0 Å². The molecule has 0 unspecified atom stereocenters. The van der Waals surface area contributed by atoms with Crippen molar-refractivity contribution in [2.75, 3.05) is 20.7 Å². The summed E-state index contributed by atoms with van der Waals surface area (Å²) in [5.74, 6) is -0.0744. The highest BCUT2D eigenvalue weighted by Crippen LogP contribution is 2.33. The van der Waals surface area contributed by atoms with Crippen molar-refractivity contribution in [2.45, 2.75) is 20.4 Å². The molecule has 4 rings (SSSR count). The summed E-state index contributed by atoms with van der Waals surface area (Å²) in [5, 5.41) is 8.03. The third-order valence-corrected chi connectivity index (χ3v) is 5.50. The van der Waals surface area contributed by atoms with Gasteiger partial charge in [0.25, 0.3) is 13.0 Å². The molecule has 0 radical (unpaired) electrons. The molecule has 0 spiro atoms. The molecule has 0 saturated heterocycles. The minimum absolute atomic E-state index is 0.174. The minimum Gasteiger partial charge on any atom is -0.493 e. The van der Waals surface area contributed by atoms with Crippen molar-refractivity contribution >= 4 is 16.8 Å². The molecular weight excluding hydrogens is 433 g/mol. The Kier molecular flexibility index (Phi) is 6.55. The first-order valence-corrected chi connectivity index (χ1v) is 10.9. The highest BCUT2D eigenvalue weighted by molar-refractivity contribution is 5.96. The zero-order chi connectivity index (χ0) is 24.2. The van der Waals surface area contributed by atoms with Gasteiger partial charge in [-0.1, -0.05) is 4.85 Å². The number of carbonyl (C=O) groups is 1. The van der Waals surface area contributed by atoms with E-state index in [2.05, 4.69) is 26.1 Å². The lowest BCUT2D eigenvalue weighted by Gasteiger charge is -2.19. The lowest BCUT2D eigenvalue weighted by atomic mass is 10.00. The molecule has 1 N–H and O–H groups in total. The molecular formula is C26H25FN5O2+. The molecule has 2 aromatic carbocycles. The van der Waals surface area contributed by atoms with Gasteiger partial charge in [0.05, 0.1) is 18.3 Å². The number of benzene rings is 2. The Morgan fingerprint density at radius 1 is 1.24 bits per heavy atom. The smallest absolute Gasteiger partial charge is 0.310 e. The largest absolute Gasteiger partial charge is 0.493 e. The number of aromatic nitrogens is 3. The molecule has 2 aromatic heterocycles. The van der Waals surface area contributed by atoms with E-state index in [1.807, 2.05) is 13.8 Å². The Labute approximate surface area is 197 Å². The number of H-pyrrole nitrogens is 1. The number of nitrogens with zero attached hydrogens (tertiary/aromatic N) is 4. The van der Waals surface area contributed by atoms with Crippen molar-refractivity contribution < 1.29 is 13.9 Å². The summed E-state index contributed by atoms with van der Waals surface area (Å²) < 4.78 is 20.0.